The standard InChI is InChI=1S/C57H103NO3/c1-3-5-7-9-11-13-15-16-17-18-19-20-21-22-23-24-25-26-27-28-29-30-31-32-33-34-35-36-37-38-39-40-41-42-43-45-47-49-51-53-57(61)58-55(54-59)56(60)52-50-48-46-44-14-12-10-8-6-4-2/h5,7,11,13,16-17,19-20,22-23,50,52,55-56,59-60H,3-4,6,8-10,12,14-15,18,21,24-49,51,53-54H2,1-2H3,(H,58,61)/b7-5-,13-11-,17-16-,20-19-,23-22-,52-50+. The van der Waals surface area contributed by atoms with E-state index in [0.717, 1.165) is 57.8 Å². The second-order valence-electron chi connectivity index (χ2n) is 17.9. The van der Waals surface area contributed by atoms with Crippen LogP contribution in [0.15, 0.2) is 72.9 Å². The molecule has 0 aromatic rings. The number of hydrogen-bond donors (Lipinski definition) is 3. The Morgan fingerprint density at radius 3 is 1.08 bits per heavy atom. The Labute approximate surface area is 380 Å². The first kappa shape index (κ1) is 58.8. The molecular weight excluding hydrogens is 747 g/mol. The first-order valence-electron chi connectivity index (χ1n) is 26.7. The van der Waals surface area contributed by atoms with E-state index in [1.807, 2.05) is 6.08 Å². The van der Waals surface area contributed by atoms with Crippen molar-refractivity contribution >= 4 is 5.91 Å². The van der Waals surface area contributed by atoms with Gasteiger partial charge in [-0.05, 0) is 64.2 Å². The van der Waals surface area contributed by atoms with E-state index in [9.17, 15) is 15.0 Å². The summed E-state index contributed by atoms with van der Waals surface area (Å²) in [5.41, 5.74) is 0. The van der Waals surface area contributed by atoms with Gasteiger partial charge in [-0.25, -0.2) is 0 Å². The van der Waals surface area contributed by atoms with Crippen LogP contribution in [0.5, 0.6) is 0 Å². The van der Waals surface area contributed by atoms with Gasteiger partial charge >= 0.3 is 0 Å². The Morgan fingerprint density at radius 1 is 0.410 bits per heavy atom. The summed E-state index contributed by atoms with van der Waals surface area (Å²) >= 11 is 0. The SMILES string of the molecule is CC/C=C\C/C=C\C/C=C\C/C=C\C/C=C\CCCCCCCCCCCCCCCCCCCCCCCCCC(=O)NC(CO)C(O)/C=C/CCCCCCCCCC. The van der Waals surface area contributed by atoms with E-state index in [4.69, 9.17) is 0 Å². The Balaban J connectivity index is 3.40. The van der Waals surface area contributed by atoms with Gasteiger partial charge in [0.15, 0.2) is 0 Å². The molecule has 3 N–H and O–H groups in total. The van der Waals surface area contributed by atoms with E-state index in [2.05, 4.69) is 79.9 Å². The number of amides is 1. The molecule has 0 aliphatic rings. The number of hydrogen-bond acceptors (Lipinski definition) is 3. The van der Waals surface area contributed by atoms with Crippen molar-refractivity contribution in [3.63, 3.8) is 0 Å². The highest BCUT2D eigenvalue weighted by Gasteiger charge is 2.18. The predicted octanol–water partition coefficient (Wildman–Crippen LogP) is 17.4. The van der Waals surface area contributed by atoms with Crippen LogP contribution in [0.4, 0.5) is 0 Å². The van der Waals surface area contributed by atoms with Gasteiger partial charge in [0.25, 0.3) is 0 Å². The van der Waals surface area contributed by atoms with Gasteiger partial charge in [0.2, 0.25) is 5.91 Å². The van der Waals surface area contributed by atoms with Crippen molar-refractivity contribution in [3.8, 4) is 0 Å². The van der Waals surface area contributed by atoms with Gasteiger partial charge in [0, 0.05) is 6.42 Å². The lowest BCUT2D eigenvalue weighted by molar-refractivity contribution is -0.123. The molecule has 0 saturated carbocycles. The van der Waals surface area contributed by atoms with Gasteiger partial charge in [-0.3, -0.25) is 4.79 Å². The fourth-order valence-corrected chi connectivity index (χ4v) is 7.91. The summed E-state index contributed by atoms with van der Waals surface area (Å²) in [7, 11) is 0. The molecule has 0 heterocycles. The minimum Gasteiger partial charge on any atom is -0.394 e. The second kappa shape index (κ2) is 52.2. The minimum absolute atomic E-state index is 0.0638. The van der Waals surface area contributed by atoms with E-state index in [1.165, 1.54) is 186 Å². The molecule has 0 saturated heterocycles. The van der Waals surface area contributed by atoms with Crippen molar-refractivity contribution in [1.82, 2.24) is 5.32 Å². The van der Waals surface area contributed by atoms with Crippen molar-refractivity contribution in [3.05, 3.63) is 72.9 Å². The zero-order valence-corrected chi connectivity index (χ0v) is 40.7. The highest BCUT2D eigenvalue weighted by molar-refractivity contribution is 5.76. The number of carbonyl (C=O) groups is 1. The summed E-state index contributed by atoms with van der Waals surface area (Å²) in [4.78, 5) is 12.4. The summed E-state index contributed by atoms with van der Waals surface area (Å²) < 4.78 is 0. The van der Waals surface area contributed by atoms with E-state index >= 15 is 0 Å². The van der Waals surface area contributed by atoms with Crippen LogP contribution in [0.2, 0.25) is 0 Å². The van der Waals surface area contributed by atoms with Crippen LogP contribution in [-0.4, -0.2) is 34.9 Å². The molecule has 0 aromatic carbocycles. The molecule has 4 heteroatoms. The number of aliphatic hydroxyl groups excluding tert-OH is 2. The van der Waals surface area contributed by atoms with Crippen LogP contribution in [0, 0.1) is 0 Å². The van der Waals surface area contributed by atoms with Crippen LogP contribution in [0.1, 0.15) is 264 Å². The zero-order valence-electron chi connectivity index (χ0n) is 40.7. The van der Waals surface area contributed by atoms with Gasteiger partial charge in [0.1, 0.15) is 0 Å². The summed E-state index contributed by atoms with van der Waals surface area (Å²) in [6.45, 7) is 4.18. The monoisotopic (exact) mass is 850 g/mol. The van der Waals surface area contributed by atoms with E-state index in [0.29, 0.717) is 6.42 Å². The quantitative estimate of drug-likeness (QED) is 0.0422. The average Bonchev–Trinajstić information content (AvgIpc) is 3.26. The van der Waals surface area contributed by atoms with Crippen molar-refractivity contribution < 1.29 is 15.0 Å². The van der Waals surface area contributed by atoms with Gasteiger partial charge in [0.05, 0.1) is 18.8 Å². The normalized spacial score (nSPS) is 13.4. The van der Waals surface area contributed by atoms with Crippen LogP contribution in [0.3, 0.4) is 0 Å². The van der Waals surface area contributed by atoms with Crippen LogP contribution < -0.4 is 5.32 Å². The molecule has 2 atom stereocenters. The maximum Gasteiger partial charge on any atom is 0.220 e. The predicted molar refractivity (Wildman–Crippen MR) is 271 cm³/mol. The topological polar surface area (TPSA) is 69.6 Å². The largest absolute Gasteiger partial charge is 0.394 e. The molecule has 1 amide bonds. The molecule has 0 bridgehead atoms. The summed E-state index contributed by atoms with van der Waals surface area (Å²) in [5, 5.41) is 23.0. The number of carbonyl (C=O) groups excluding carboxylic acids is 1. The van der Waals surface area contributed by atoms with Gasteiger partial charge in [-0.15, -0.1) is 0 Å². The van der Waals surface area contributed by atoms with Gasteiger partial charge < -0.3 is 15.5 Å². The lowest BCUT2D eigenvalue weighted by atomic mass is 10.0. The Kier molecular flexibility index (Phi) is 50.3. The van der Waals surface area contributed by atoms with Crippen molar-refractivity contribution in [2.75, 3.05) is 6.61 Å². The fraction of sp³-hybridized carbons (Fsp3) is 0.772. The molecule has 61 heavy (non-hydrogen) atoms. The highest BCUT2D eigenvalue weighted by Crippen LogP contribution is 2.16. The molecule has 0 rings (SSSR count). The second-order valence-corrected chi connectivity index (χ2v) is 17.9. The van der Waals surface area contributed by atoms with E-state index in [1.54, 1.807) is 6.08 Å². The van der Waals surface area contributed by atoms with E-state index < -0.39 is 12.1 Å². The molecule has 0 radical (unpaired) electrons. The zero-order chi connectivity index (χ0) is 44.2. The number of unbranched alkanes of at least 4 members (excludes halogenated alkanes) is 31. The van der Waals surface area contributed by atoms with Crippen molar-refractivity contribution in [1.29, 1.82) is 0 Å². The third-order valence-electron chi connectivity index (χ3n) is 11.9. The fourth-order valence-electron chi connectivity index (χ4n) is 7.91. The van der Waals surface area contributed by atoms with Crippen LogP contribution in [0.25, 0.3) is 0 Å². The van der Waals surface area contributed by atoms with Gasteiger partial charge in [-0.1, -0.05) is 267 Å². The smallest absolute Gasteiger partial charge is 0.220 e. The number of aliphatic hydroxyl groups is 2. The first-order valence-corrected chi connectivity index (χ1v) is 26.7. The third-order valence-corrected chi connectivity index (χ3v) is 11.9. The molecule has 0 aliphatic carbocycles. The Bertz CT molecular complexity index is 1050. The first-order chi connectivity index (χ1) is 30.2. The summed E-state index contributed by atoms with van der Waals surface area (Å²) in [6.07, 6.45) is 75.0. The Hall–Kier alpha value is -2.17. The molecular formula is C57H103NO3. The highest BCUT2D eigenvalue weighted by atomic mass is 16.3. The molecule has 0 aliphatic heterocycles. The van der Waals surface area contributed by atoms with Crippen molar-refractivity contribution in [2.24, 2.45) is 0 Å². The van der Waals surface area contributed by atoms with Gasteiger partial charge in [-0.2, -0.15) is 0 Å². The third kappa shape index (κ3) is 48.7. The lowest BCUT2D eigenvalue weighted by Crippen LogP contribution is -2.45. The average molecular weight is 850 g/mol. The van der Waals surface area contributed by atoms with Crippen molar-refractivity contribution in [2.45, 2.75) is 276 Å². The summed E-state index contributed by atoms with van der Waals surface area (Å²) in [6, 6.07) is -0.620. The number of rotatable bonds is 48. The maximum atomic E-state index is 12.4. The molecule has 0 fully saturated rings. The number of nitrogens with one attached hydrogen (secondary N) is 1. The molecule has 354 valence electrons. The van der Waals surface area contributed by atoms with Crippen LogP contribution in [-0.2, 0) is 4.79 Å². The lowest BCUT2D eigenvalue weighted by Gasteiger charge is -2.20. The molecule has 0 spiro atoms. The molecule has 2 unspecified atom stereocenters. The molecule has 4 nitrogen and oxygen atoms in total. The van der Waals surface area contributed by atoms with E-state index in [-0.39, 0.29) is 12.5 Å². The minimum atomic E-state index is -0.837. The maximum absolute atomic E-state index is 12.4. The molecule has 0 aromatic heterocycles. The van der Waals surface area contributed by atoms with Crippen LogP contribution >= 0.6 is 0 Å². The Morgan fingerprint density at radius 2 is 0.721 bits per heavy atom. The summed E-state index contributed by atoms with van der Waals surface area (Å²) in [5.74, 6) is -0.0638. The number of allylic oxidation sites excluding steroid dienone is 11.